The minimum absolute atomic E-state index is 0.106. The molecule has 0 spiro atoms. The summed E-state index contributed by atoms with van der Waals surface area (Å²) in [7, 11) is 1.60. The summed E-state index contributed by atoms with van der Waals surface area (Å²) in [5.74, 6) is 1.84. The smallest absolute Gasteiger partial charge is 0.251 e. The van der Waals surface area contributed by atoms with Crippen molar-refractivity contribution in [1.82, 2.24) is 20.6 Å². The maximum atomic E-state index is 12.7. The van der Waals surface area contributed by atoms with E-state index in [1.807, 2.05) is 54.6 Å². The van der Waals surface area contributed by atoms with Crippen LogP contribution < -0.4 is 10.1 Å². The number of hydrogen-bond acceptors (Lipinski definition) is 7. The van der Waals surface area contributed by atoms with Crippen molar-refractivity contribution in [1.29, 1.82) is 0 Å². The molecule has 0 atom stereocenters. The second kappa shape index (κ2) is 8.35. The zero-order valence-electron chi connectivity index (χ0n) is 17.1. The molecule has 3 aromatic carbocycles. The highest BCUT2D eigenvalue weighted by Crippen LogP contribution is 2.29. The lowest BCUT2D eigenvalue weighted by molar-refractivity contribution is 0.0946. The Labute approximate surface area is 182 Å². The molecule has 0 radical (unpaired) electrons. The summed E-state index contributed by atoms with van der Waals surface area (Å²) in [4.78, 5) is 17.1. The van der Waals surface area contributed by atoms with Gasteiger partial charge in [0.05, 0.1) is 19.0 Å². The molecule has 8 nitrogen and oxygen atoms in total. The molecule has 0 aliphatic rings. The molecule has 0 unspecified atom stereocenters. The van der Waals surface area contributed by atoms with Crippen molar-refractivity contribution in [3.8, 4) is 28.5 Å². The number of hydrogen-bond donors (Lipinski definition) is 1. The van der Waals surface area contributed by atoms with Crippen LogP contribution in [-0.2, 0) is 6.54 Å². The summed E-state index contributed by atoms with van der Waals surface area (Å²) in [6.07, 6.45) is 0. The standard InChI is InChI=1S/C24H18N4O4/c1-30-18-10-7-16(8-11-18)23-26-21(31-28-23)14-25-24(29)17-9-12-20-19(13-17)22(32-27-20)15-5-3-2-4-6-15/h2-13H,14H2,1H3,(H,25,29). The number of carbonyl (C=O) groups is 1. The number of carbonyl (C=O) groups excluding carboxylic acids is 1. The van der Waals surface area contributed by atoms with E-state index in [4.69, 9.17) is 13.8 Å². The van der Waals surface area contributed by atoms with Crippen LogP contribution in [0.1, 0.15) is 16.2 Å². The normalized spacial score (nSPS) is 10.9. The second-order valence-corrected chi connectivity index (χ2v) is 7.03. The number of amides is 1. The SMILES string of the molecule is COc1ccc(-c2noc(CNC(=O)c3ccc4noc(-c5ccccc5)c4c3)n2)cc1. The summed E-state index contributed by atoms with van der Waals surface area (Å²) in [5, 5.41) is 11.6. The molecule has 158 valence electrons. The molecule has 2 heterocycles. The highest BCUT2D eigenvalue weighted by Gasteiger charge is 2.15. The monoisotopic (exact) mass is 426 g/mol. The Kier molecular flexibility index (Phi) is 5.09. The van der Waals surface area contributed by atoms with Crippen LogP contribution in [0.5, 0.6) is 5.75 Å². The topological polar surface area (TPSA) is 103 Å². The molecule has 0 saturated heterocycles. The quantitative estimate of drug-likeness (QED) is 0.427. The van der Waals surface area contributed by atoms with E-state index in [1.165, 1.54) is 0 Å². The molecule has 0 fully saturated rings. The number of nitrogens with zero attached hydrogens (tertiary/aromatic N) is 3. The Bertz CT molecular complexity index is 1370. The van der Waals surface area contributed by atoms with E-state index in [-0.39, 0.29) is 12.5 Å². The van der Waals surface area contributed by atoms with Crippen LogP contribution in [0.3, 0.4) is 0 Å². The van der Waals surface area contributed by atoms with Crippen LogP contribution in [-0.4, -0.2) is 28.3 Å². The molecule has 0 aliphatic carbocycles. The number of nitrogens with one attached hydrogen (secondary N) is 1. The minimum Gasteiger partial charge on any atom is -0.497 e. The highest BCUT2D eigenvalue weighted by molar-refractivity contribution is 6.00. The largest absolute Gasteiger partial charge is 0.497 e. The van der Waals surface area contributed by atoms with Gasteiger partial charge in [0.1, 0.15) is 11.3 Å². The van der Waals surface area contributed by atoms with E-state index < -0.39 is 0 Å². The summed E-state index contributed by atoms with van der Waals surface area (Å²) < 4.78 is 15.9. The first-order chi connectivity index (χ1) is 15.7. The number of fused-ring (bicyclic) bond motifs is 1. The van der Waals surface area contributed by atoms with Gasteiger partial charge in [-0.2, -0.15) is 4.98 Å². The first-order valence-corrected chi connectivity index (χ1v) is 9.91. The van der Waals surface area contributed by atoms with Crippen molar-refractivity contribution >= 4 is 16.8 Å². The van der Waals surface area contributed by atoms with Crippen molar-refractivity contribution in [3.05, 3.63) is 84.3 Å². The van der Waals surface area contributed by atoms with E-state index in [1.54, 1.807) is 25.3 Å². The van der Waals surface area contributed by atoms with Gasteiger partial charge in [-0.05, 0) is 42.5 Å². The second-order valence-electron chi connectivity index (χ2n) is 7.03. The Hall–Kier alpha value is -4.46. The van der Waals surface area contributed by atoms with Crippen LogP contribution in [0.25, 0.3) is 33.6 Å². The van der Waals surface area contributed by atoms with Crippen LogP contribution in [0.2, 0.25) is 0 Å². The fourth-order valence-corrected chi connectivity index (χ4v) is 3.32. The molecule has 0 bridgehead atoms. The van der Waals surface area contributed by atoms with Crippen molar-refractivity contribution in [3.63, 3.8) is 0 Å². The van der Waals surface area contributed by atoms with Crippen LogP contribution in [0.4, 0.5) is 0 Å². The average Bonchev–Trinajstić information content (AvgIpc) is 3.50. The van der Waals surface area contributed by atoms with Gasteiger partial charge in [0, 0.05) is 16.7 Å². The lowest BCUT2D eigenvalue weighted by atomic mass is 10.1. The molecule has 2 aromatic heterocycles. The van der Waals surface area contributed by atoms with Gasteiger partial charge in [0.25, 0.3) is 5.91 Å². The van der Waals surface area contributed by atoms with Gasteiger partial charge in [0.2, 0.25) is 11.7 Å². The molecular weight excluding hydrogens is 408 g/mol. The first kappa shape index (κ1) is 19.5. The molecule has 8 heteroatoms. The van der Waals surface area contributed by atoms with Crippen molar-refractivity contribution in [2.24, 2.45) is 0 Å². The number of rotatable bonds is 6. The van der Waals surface area contributed by atoms with Crippen LogP contribution in [0, 0.1) is 0 Å². The lowest BCUT2D eigenvalue weighted by Crippen LogP contribution is -2.22. The maximum Gasteiger partial charge on any atom is 0.251 e. The van der Waals surface area contributed by atoms with Gasteiger partial charge in [-0.1, -0.05) is 40.6 Å². The van der Waals surface area contributed by atoms with Crippen LogP contribution in [0.15, 0.2) is 81.8 Å². The van der Waals surface area contributed by atoms with Crippen molar-refractivity contribution < 1.29 is 18.6 Å². The summed E-state index contributed by atoms with van der Waals surface area (Å²) in [6, 6.07) is 22.2. The van der Waals surface area contributed by atoms with Gasteiger partial charge >= 0.3 is 0 Å². The van der Waals surface area contributed by atoms with E-state index >= 15 is 0 Å². The molecule has 5 rings (SSSR count). The number of aromatic nitrogens is 3. The van der Waals surface area contributed by atoms with Crippen molar-refractivity contribution in [2.75, 3.05) is 7.11 Å². The predicted molar refractivity (Wildman–Crippen MR) is 117 cm³/mol. The average molecular weight is 426 g/mol. The zero-order chi connectivity index (χ0) is 21.9. The van der Waals surface area contributed by atoms with Crippen molar-refractivity contribution in [2.45, 2.75) is 6.54 Å². The first-order valence-electron chi connectivity index (χ1n) is 9.91. The third kappa shape index (κ3) is 3.81. The molecule has 0 saturated carbocycles. The zero-order valence-corrected chi connectivity index (χ0v) is 17.1. The molecule has 5 aromatic rings. The highest BCUT2D eigenvalue weighted by atomic mass is 16.5. The minimum atomic E-state index is -0.267. The van der Waals surface area contributed by atoms with Crippen LogP contribution >= 0.6 is 0 Å². The third-order valence-corrected chi connectivity index (χ3v) is 4.99. The fourth-order valence-electron chi connectivity index (χ4n) is 3.32. The Morgan fingerprint density at radius 3 is 2.53 bits per heavy atom. The van der Waals surface area contributed by atoms with E-state index in [0.29, 0.717) is 28.6 Å². The summed E-state index contributed by atoms with van der Waals surface area (Å²) in [6.45, 7) is 0.106. The lowest BCUT2D eigenvalue weighted by Gasteiger charge is -2.03. The van der Waals surface area contributed by atoms with E-state index in [9.17, 15) is 4.79 Å². The number of methoxy groups -OCH3 is 1. The van der Waals surface area contributed by atoms with Gasteiger partial charge < -0.3 is 19.1 Å². The summed E-state index contributed by atoms with van der Waals surface area (Å²) >= 11 is 0. The maximum absolute atomic E-state index is 12.7. The van der Waals surface area contributed by atoms with E-state index in [0.717, 1.165) is 22.3 Å². The van der Waals surface area contributed by atoms with E-state index in [2.05, 4.69) is 20.6 Å². The fraction of sp³-hybridized carbons (Fsp3) is 0.0833. The van der Waals surface area contributed by atoms with Gasteiger partial charge in [-0.25, -0.2) is 0 Å². The Balaban J connectivity index is 1.30. The van der Waals surface area contributed by atoms with Gasteiger partial charge in [-0.3, -0.25) is 4.79 Å². The summed E-state index contributed by atoms with van der Waals surface area (Å²) in [5.41, 5.74) is 2.84. The molecule has 1 N–H and O–H groups in total. The van der Waals surface area contributed by atoms with Gasteiger partial charge in [-0.15, -0.1) is 0 Å². The van der Waals surface area contributed by atoms with Gasteiger partial charge in [0.15, 0.2) is 5.76 Å². The number of benzene rings is 3. The molecule has 32 heavy (non-hydrogen) atoms. The Morgan fingerprint density at radius 2 is 1.75 bits per heavy atom. The molecule has 1 amide bonds. The molecular formula is C24H18N4O4. The third-order valence-electron chi connectivity index (χ3n) is 4.99. The molecule has 0 aliphatic heterocycles. The predicted octanol–water partition coefficient (Wildman–Crippen LogP) is 4.48. The Morgan fingerprint density at radius 1 is 0.938 bits per heavy atom. The number of ether oxygens (including phenoxy) is 1.